The van der Waals surface area contributed by atoms with Gasteiger partial charge in [0.15, 0.2) is 5.15 Å². The fourth-order valence-corrected chi connectivity index (χ4v) is 2.20. The van der Waals surface area contributed by atoms with Crippen molar-refractivity contribution in [3.63, 3.8) is 0 Å². The van der Waals surface area contributed by atoms with Crippen molar-refractivity contribution >= 4 is 11.6 Å². The van der Waals surface area contributed by atoms with Gasteiger partial charge in [0.05, 0.1) is 6.10 Å². The van der Waals surface area contributed by atoms with Crippen LogP contribution in [0.25, 0.3) is 0 Å². The molecule has 0 saturated carbocycles. The summed E-state index contributed by atoms with van der Waals surface area (Å²) >= 11 is 5.39. The van der Waals surface area contributed by atoms with Gasteiger partial charge in [-0.25, -0.2) is 4.79 Å². The van der Waals surface area contributed by atoms with Crippen LogP contribution >= 0.6 is 11.6 Å². The van der Waals surface area contributed by atoms with E-state index in [1.54, 1.807) is 0 Å². The van der Waals surface area contributed by atoms with Crippen LogP contribution in [0.2, 0.25) is 5.15 Å². The van der Waals surface area contributed by atoms with Gasteiger partial charge in [-0.3, -0.25) is 14.3 Å². The second-order valence-electron chi connectivity index (χ2n) is 4.09. The molecule has 1 aliphatic rings. The molecule has 1 aromatic heterocycles. The Morgan fingerprint density at radius 3 is 2.88 bits per heavy atom. The fraction of sp³-hybridized carbons (Fsp3) is 0.600. The van der Waals surface area contributed by atoms with E-state index in [-0.39, 0.29) is 12.1 Å². The molecule has 0 aliphatic carbocycles. The number of hydrogen-bond donors (Lipinski definition) is 1. The number of aromatic amines is 1. The molecular formula is C10H12ClFN2O3. The Bertz CT molecular complexity index is 539. The second-order valence-corrected chi connectivity index (χ2v) is 4.47. The van der Waals surface area contributed by atoms with E-state index >= 15 is 0 Å². The van der Waals surface area contributed by atoms with Crippen molar-refractivity contribution in [2.75, 3.05) is 6.61 Å². The summed E-state index contributed by atoms with van der Waals surface area (Å²) in [5.41, 5.74) is -1.65. The molecule has 0 radical (unpaired) electrons. The number of hydrogen-bond acceptors (Lipinski definition) is 3. The van der Waals surface area contributed by atoms with Crippen molar-refractivity contribution in [2.24, 2.45) is 0 Å². The summed E-state index contributed by atoms with van der Waals surface area (Å²) in [5, 5.41) is -0.545. The summed E-state index contributed by atoms with van der Waals surface area (Å²) in [7, 11) is 0. The largest absolute Gasteiger partial charge is 0.378 e. The number of rotatable bonds is 1. The molecule has 1 N–H and O–H groups in total. The number of nitrogens with zero attached hydrogens (tertiary/aromatic N) is 1. The zero-order valence-corrected chi connectivity index (χ0v) is 9.96. The maximum absolute atomic E-state index is 13.4. The Labute approximate surface area is 101 Å². The van der Waals surface area contributed by atoms with Crippen LogP contribution in [-0.2, 0) is 4.74 Å². The summed E-state index contributed by atoms with van der Waals surface area (Å²) in [5.74, 6) is -1.12. The molecular weight excluding hydrogens is 251 g/mol. The molecule has 1 aromatic rings. The first-order valence-electron chi connectivity index (χ1n) is 5.32. The lowest BCUT2D eigenvalue weighted by Crippen LogP contribution is -2.42. The van der Waals surface area contributed by atoms with E-state index in [0.29, 0.717) is 19.4 Å². The predicted octanol–water partition coefficient (Wildman–Crippen LogP) is 1.07. The molecule has 17 heavy (non-hydrogen) atoms. The lowest BCUT2D eigenvalue weighted by molar-refractivity contribution is 0.00415. The van der Waals surface area contributed by atoms with Crippen LogP contribution in [0.5, 0.6) is 0 Å². The topological polar surface area (TPSA) is 64.1 Å². The normalized spacial score (nSPS) is 24.9. The highest BCUT2D eigenvalue weighted by atomic mass is 35.5. The molecule has 0 bridgehead atoms. The molecule has 1 aliphatic heterocycles. The van der Waals surface area contributed by atoms with Gasteiger partial charge in [-0.1, -0.05) is 11.6 Å². The van der Waals surface area contributed by atoms with E-state index in [1.807, 2.05) is 6.92 Å². The highest BCUT2D eigenvalue weighted by Gasteiger charge is 2.25. The van der Waals surface area contributed by atoms with Crippen LogP contribution in [0.3, 0.4) is 0 Å². The molecule has 7 heteroatoms. The highest BCUT2D eigenvalue weighted by molar-refractivity contribution is 6.29. The smallest absolute Gasteiger partial charge is 0.329 e. The number of ether oxygens (including phenoxy) is 1. The molecule has 5 nitrogen and oxygen atoms in total. The van der Waals surface area contributed by atoms with Crippen molar-refractivity contribution in [1.82, 2.24) is 9.55 Å². The average molecular weight is 263 g/mol. The van der Waals surface area contributed by atoms with Gasteiger partial charge in [-0.2, -0.15) is 4.39 Å². The van der Waals surface area contributed by atoms with Crippen molar-refractivity contribution in [2.45, 2.75) is 31.9 Å². The van der Waals surface area contributed by atoms with Gasteiger partial charge < -0.3 is 4.74 Å². The van der Waals surface area contributed by atoms with E-state index < -0.39 is 22.2 Å². The quantitative estimate of drug-likeness (QED) is 0.770. The summed E-state index contributed by atoms with van der Waals surface area (Å²) in [6.07, 6.45) is 0.956. The SMILES string of the molecule is CC1CC(n2c(=O)[nH]c(Cl)c(F)c2=O)CCO1. The van der Waals surface area contributed by atoms with Gasteiger partial charge in [0.1, 0.15) is 0 Å². The van der Waals surface area contributed by atoms with Crippen LogP contribution in [0, 0.1) is 5.82 Å². The summed E-state index contributed by atoms with van der Waals surface area (Å²) in [6, 6.07) is -0.346. The van der Waals surface area contributed by atoms with E-state index in [2.05, 4.69) is 4.98 Å². The summed E-state index contributed by atoms with van der Waals surface area (Å²) < 4.78 is 19.6. The van der Waals surface area contributed by atoms with Gasteiger partial charge in [0.25, 0.3) is 5.56 Å². The number of H-pyrrole nitrogens is 1. The Hall–Kier alpha value is -1.14. The molecule has 1 fully saturated rings. The molecule has 2 heterocycles. The van der Waals surface area contributed by atoms with Gasteiger partial charge >= 0.3 is 5.69 Å². The Morgan fingerprint density at radius 2 is 2.24 bits per heavy atom. The number of nitrogens with one attached hydrogen (secondary N) is 1. The standard InChI is InChI=1S/C10H12ClFN2O3/c1-5-4-6(2-3-17-5)14-9(15)7(12)8(11)13-10(14)16/h5-6H,2-4H2,1H3,(H,13,16). The molecule has 0 aromatic carbocycles. The van der Waals surface area contributed by atoms with Gasteiger partial charge in [-0.05, 0) is 19.8 Å². The van der Waals surface area contributed by atoms with Crippen molar-refractivity contribution in [3.8, 4) is 0 Å². The lowest BCUT2D eigenvalue weighted by atomic mass is 10.0. The van der Waals surface area contributed by atoms with Gasteiger partial charge in [-0.15, -0.1) is 0 Å². The predicted molar refractivity (Wildman–Crippen MR) is 60.0 cm³/mol. The Morgan fingerprint density at radius 1 is 1.53 bits per heavy atom. The zero-order chi connectivity index (χ0) is 12.6. The highest BCUT2D eigenvalue weighted by Crippen LogP contribution is 2.22. The first-order valence-corrected chi connectivity index (χ1v) is 5.70. The van der Waals surface area contributed by atoms with Gasteiger partial charge in [0.2, 0.25) is 5.82 Å². The third-order valence-corrected chi connectivity index (χ3v) is 3.12. The molecule has 0 spiro atoms. The molecule has 2 atom stereocenters. The van der Waals surface area contributed by atoms with E-state index in [9.17, 15) is 14.0 Å². The maximum atomic E-state index is 13.4. The summed E-state index contributed by atoms with van der Waals surface area (Å²) in [4.78, 5) is 25.4. The Balaban J connectivity index is 2.49. The molecule has 1 saturated heterocycles. The van der Waals surface area contributed by atoms with Crippen molar-refractivity contribution in [3.05, 3.63) is 31.8 Å². The minimum atomic E-state index is -1.12. The van der Waals surface area contributed by atoms with Crippen molar-refractivity contribution < 1.29 is 9.13 Å². The van der Waals surface area contributed by atoms with Crippen molar-refractivity contribution in [1.29, 1.82) is 0 Å². The molecule has 0 amide bonds. The first kappa shape index (κ1) is 12.3. The van der Waals surface area contributed by atoms with Crippen LogP contribution in [-0.4, -0.2) is 22.3 Å². The van der Waals surface area contributed by atoms with Crippen LogP contribution in [0.15, 0.2) is 9.59 Å². The zero-order valence-electron chi connectivity index (χ0n) is 9.20. The number of halogens is 2. The molecule has 2 rings (SSSR count). The average Bonchev–Trinajstić information content (AvgIpc) is 2.26. The minimum Gasteiger partial charge on any atom is -0.378 e. The number of aromatic nitrogens is 2. The van der Waals surface area contributed by atoms with Gasteiger partial charge in [0, 0.05) is 12.6 Å². The summed E-state index contributed by atoms with van der Waals surface area (Å²) in [6.45, 7) is 2.29. The van der Waals surface area contributed by atoms with Crippen LogP contribution in [0.1, 0.15) is 25.8 Å². The van der Waals surface area contributed by atoms with E-state index in [0.717, 1.165) is 4.57 Å². The van der Waals surface area contributed by atoms with Crippen LogP contribution < -0.4 is 11.2 Å². The molecule has 94 valence electrons. The fourth-order valence-electron chi connectivity index (χ4n) is 2.04. The Kier molecular flexibility index (Phi) is 3.35. The second kappa shape index (κ2) is 4.62. The third kappa shape index (κ3) is 2.28. The minimum absolute atomic E-state index is 0.0567. The van der Waals surface area contributed by atoms with Crippen LogP contribution in [0.4, 0.5) is 4.39 Å². The monoisotopic (exact) mass is 262 g/mol. The lowest BCUT2D eigenvalue weighted by Gasteiger charge is -2.27. The maximum Gasteiger partial charge on any atom is 0.329 e. The first-order chi connectivity index (χ1) is 8.00. The van der Waals surface area contributed by atoms with E-state index in [4.69, 9.17) is 16.3 Å². The van der Waals surface area contributed by atoms with E-state index in [1.165, 1.54) is 0 Å². The third-order valence-electron chi connectivity index (χ3n) is 2.86. The molecule has 2 unspecified atom stereocenters.